The Bertz CT molecular complexity index is 517. The van der Waals surface area contributed by atoms with Crippen LogP contribution in [-0.2, 0) is 15.8 Å². The van der Waals surface area contributed by atoms with Crippen LogP contribution in [0.4, 0.5) is 0 Å². The van der Waals surface area contributed by atoms with Gasteiger partial charge >= 0.3 is 0 Å². The summed E-state index contributed by atoms with van der Waals surface area (Å²) in [5.41, 5.74) is -0.439. The van der Waals surface area contributed by atoms with Crippen molar-refractivity contribution in [3.63, 3.8) is 0 Å². The van der Waals surface area contributed by atoms with E-state index in [4.69, 9.17) is 11.6 Å². The lowest BCUT2D eigenvalue weighted by Gasteiger charge is -2.22. The van der Waals surface area contributed by atoms with Crippen LogP contribution in [0.2, 0.25) is 5.02 Å². The van der Waals surface area contributed by atoms with Crippen molar-refractivity contribution in [3.8, 4) is 0 Å². The quantitative estimate of drug-likeness (QED) is 0.804. The molecule has 0 amide bonds. The second-order valence-electron chi connectivity index (χ2n) is 4.64. The number of hydrogen-bond donors (Lipinski definition) is 2. The normalized spacial score (nSPS) is 15.2. The van der Waals surface area contributed by atoms with Gasteiger partial charge in [0.25, 0.3) is 0 Å². The maximum absolute atomic E-state index is 11.9. The minimum absolute atomic E-state index is 0.00324. The van der Waals surface area contributed by atoms with Gasteiger partial charge in [0, 0.05) is 17.3 Å². The first kappa shape index (κ1) is 16.8. The monoisotopic (exact) mass is 323 g/mol. The standard InChI is InChI=1S/C12H18ClNO3S2/c1-12(15,9-18-2)8-14-19(16,17)7-10-4-3-5-11(13)6-10/h3-6,14-15H,7-9H2,1-2H3. The van der Waals surface area contributed by atoms with Gasteiger partial charge in [-0.1, -0.05) is 23.7 Å². The Balaban J connectivity index is 2.62. The molecule has 0 spiro atoms. The van der Waals surface area contributed by atoms with Gasteiger partial charge in [0.15, 0.2) is 0 Å². The molecule has 0 bridgehead atoms. The summed E-state index contributed by atoms with van der Waals surface area (Å²) in [4.78, 5) is 0. The Morgan fingerprint density at radius 3 is 2.74 bits per heavy atom. The van der Waals surface area contributed by atoms with Crippen LogP contribution >= 0.6 is 23.4 Å². The fourth-order valence-corrected chi connectivity index (χ4v) is 3.71. The van der Waals surface area contributed by atoms with Crippen LogP contribution in [0.3, 0.4) is 0 Å². The number of halogens is 1. The first-order chi connectivity index (χ1) is 8.74. The summed E-state index contributed by atoms with van der Waals surface area (Å²) in [5.74, 6) is 0.315. The zero-order valence-electron chi connectivity index (χ0n) is 10.9. The molecule has 19 heavy (non-hydrogen) atoms. The third kappa shape index (κ3) is 6.63. The molecule has 7 heteroatoms. The molecule has 1 atom stereocenters. The van der Waals surface area contributed by atoms with Crippen molar-refractivity contribution in [3.05, 3.63) is 34.9 Å². The molecular weight excluding hydrogens is 306 g/mol. The summed E-state index contributed by atoms with van der Waals surface area (Å²) >= 11 is 7.27. The highest BCUT2D eigenvalue weighted by atomic mass is 35.5. The minimum atomic E-state index is -3.48. The number of aliphatic hydroxyl groups is 1. The van der Waals surface area contributed by atoms with Crippen LogP contribution in [0, 0.1) is 0 Å². The van der Waals surface area contributed by atoms with Crippen molar-refractivity contribution in [1.29, 1.82) is 0 Å². The summed E-state index contributed by atoms with van der Waals surface area (Å²) in [6.45, 7) is 1.60. The Hall–Kier alpha value is -0.270. The van der Waals surface area contributed by atoms with E-state index in [1.54, 1.807) is 31.2 Å². The van der Waals surface area contributed by atoms with E-state index >= 15 is 0 Å². The third-order valence-corrected chi connectivity index (χ3v) is 4.82. The summed E-state index contributed by atoms with van der Waals surface area (Å²) < 4.78 is 26.2. The van der Waals surface area contributed by atoms with Crippen molar-refractivity contribution in [2.75, 3.05) is 18.6 Å². The van der Waals surface area contributed by atoms with E-state index in [2.05, 4.69) is 4.72 Å². The zero-order valence-corrected chi connectivity index (χ0v) is 13.3. The fourth-order valence-electron chi connectivity index (χ4n) is 1.52. The molecule has 1 rings (SSSR count). The van der Waals surface area contributed by atoms with E-state index < -0.39 is 15.6 Å². The summed E-state index contributed by atoms with van der Waals surface area (Å²) in [5, 5.41) is 10.4. The van der Waals surface area contributed by atoms with Gasteiger partial charge in [-0.2, -0.15) is 11.8 Å². The molecule has 0 fully saturated rings. The van der Waals surface area contributed by atoms with E-state index in [0.717, 1.165) is 0 Å². The van der Waals surface area contributed by atoms with Crippen LogP contribution in [-0.4, -0.2) is 37.7 Å². The molecule has 0 aliphatic heterocycles. The van der Waals surface area contributed by atoms with Gasteiger partial charge in [-0.15, -0.1) is 0 Å². The lowest BCUT2D eigenvalue weighted by molar-refractivity contribution is 0.0908. The lowest BCUT2D eigenvalue weighted by Crippen LogP contribution is -2.42. The predicted molar refractivity (Wildman–Crippen MR) is 81.1 cm³/mol. The van der Waals surface area contributed by atoms with E-state index in [0.29, 0.717) is 16.3 Å². The summed E-state index contributed by atoms with van der Waals surface area (Å²) in [6.07, 6.45) is 1.86. The molecule has 1 unspecified atom stereocenters. The van der Waals surface area contributed by atoms with Crippen LogP contribution in [0.1, 0.15) is 12.5 Å². The molecule has 0 radical (unpaired) electrons. The van der Waals surface area contributed by atoms with Gasteiger partial charge < -0.3 is 5.11 Å². The lowest BCUT2D eigenvalue weighted by atomic mass is 10.1. The highest BCUT2D eigenvalue weighted by molar-refractivity contribution is 7.98. The van der Waals surface area contributed by atoms with E-state index in [-0.39, 0.29) is 12.3 Å². The predicted octanol–water partition coefficient (Wildman–Crippen LogP) is 1.87. The average molecular weight is 324 g/mol. The second-order valence-corrected chi connectivity index (χ2v) is 7.75. The van der Waals surface area contributed by atoms with Crippen LogP contribution < -0.4 is 4.72 Å². The zero-order chi connectivity index (χ0) is 14.5. The second kappa shape index (κ2) is 6.95. The fraction of sp³-hybridized carbons (Fsp3) is 0.500. The summed E-state index contributed by atoms with van der Waals surface area (Å²) in [7, 11) is -3.48. The summed E-state index contributed by atoms with van der Waals surface area (Å²) in [6, 6.07) is 6.71. The highest BCUT2D eigenvalue weighted by Gasteiger charge is 2.22. The Morgan fingerprint density at radius 1 is 1.47 bits per heavy atom. The topological polar surface area (TPSA) is 66.4 Å². The molecule has 0 saturated heterocycles. The average Bonchev–Trinajstić information content (AvgIpc) is 2.26. The van der Waals surface area contributed by atoms with E-state index in [9.17, 15) is 13.5 Å². The van der Waals surface area contributed by atoms with Crippen molar-refractivity contribution < 1.29 is 13.5 Å². The molecule has 1 aromatic rings. The number of nitrogens with one attached hydrogen (secondary N) is 1. The highest BCUT2D eigenvalue weighted by Crippen LogP contribution is 2.14. The van der Waals surface area contributed by atoms with Crippen LogP contribution in [0.25, 0.3) is 0 Å². The van der Waals surface area contributed by atoms with Crippen molar-refractivity contribution >= 4 is 33.4 Å². The molecule has 0 aromatic heterocycles. The van der Waals surface area contributed by atoms with Crippen molar-refractivity contribution in [1.82, 2.24) is 4.72 Å². The SMILES string of the molecule is CSCC(C)(O)CNS(=O)(=O)Cc1cccc(Cl)c1. The van der Waals surface area contributed by atoms with Gasteiger partial charge in [-0.3, -0.25) is 0 Å². The van der Waals surface area contributed by atoms with E-state index in [1.807, 2.05) is 6.26 Å². The van der Waals surface area contributed by atoms with Crippen molar-refractivity contribution in [2.24, 2.45) is 0 Å². The van der Waals surface area contributed by atoms with Crippen LogP contribution in [0.5, 0.6) is 0 Å². The molecule has 1 aromatic carbocycles. The molecule has 0 heterocycles. The number of rotatable bonds is 7. The Labute approximate surface area is 123 Å². The van der Waals surface area contributed by atoms with Gasteiger partial charge in [0.1, 0.15) is 0 Å². The van der Waals surface area contributed by atoms with E-state index in [1.165, 1.54) is 11.8 Å². The Morgan fingerprint density at radius 2 is 2.16 bits per heavy atom. The molecule has 108 valence electrons. The van der Waals surface area contributed by atoms with Gasteiger partial charge in [0.05, 0.1) is 11.4 Å². The molecule has 2 N–H and O–H groups in total. The van der Waals surface area contributed by atoms with Gasteiger partial charge in [0.2, 0.25) is 10.0 Å². The van der Waals surface area contributed by atoms with Gasteiger partial charge in [-0.25, -0.2) is 13.1 Å². The number of thioether (sulfide) groups is 1. The Kier molecular flexibility index (Phi) is 6.14. The van der Waals surface area contributed by atoms with Crippen molar-refractivity contribution in [2.45, 2.75) is 18.3 Å². The third-order valence-electron chi connectivity index (χ3n) is 2.37. The largest absolute Gasteiger partial charge is 0.388 e. The van der Waals surface area contributed by atoms with Gasteiger partial charge in [-0.05, 0) is 30.9 Å². The minimum Gasteiger partial charge on any atom is -0.388 e. The molecular formula is C12H18ClNO3S2. The smallest absolute Gasteiger partial charge is 0.215 e. The molecule has 0 saturated carbocycles. The first-order valence-electron chi connectivity index (χ1n) is 5.67. The van der Waals surface area contributed by atoms with Crippen LogP contribution in [0.15, 0.2) is 24.3 Å². The number of hydrogen-bond acceptors (Lipinski definition) is 4. The molecule has 0 aliphatic carbocycles. The number of sulfonamides is 1. The maximum atomic E-state index is 11.9. The molecule has 0 aliphatic rings. The first-order valence-corrected chi connectivity index (χ1v) is 9.10. The number of benzene rings is 1. The molecule has 4 nitrogen and oxygen atoms in total. The maximum Gasteiger partial charge on any atom is 0.215 e.